The highest BCUT2D eigenvalue weighted by molar-refractivity contribution is 6.10. The van der Waals surface area contributed by atoms with Crippen LogP contribution in [0.4, 0.5) is 38.6 Å². The highest BCUT2D eigenvalue weighted by Gasteiger charge is 2.23. The van der Waals surface area contributed by atoms with Gasteiger partial charge in [-0.05, 0) is 144 Å². The van der Waals surface area contributed by atoms with Crippen LogP contribution in [-0.4, -0.2) is 4.98 Å². The fourth-order valence-electron chi connectivity index (χ4n) is 8.16. The first-order valence-corrected chi connectivity index (χ1v) is 19.5. The third kappa shape index (κ3) is 6.23. The van der Waals surface area contributed by atoms with Gasteiger partial charge in [0.1, 0.15) is 23.1 Å². The maximum absolute atomic E-state index is 13.9. The molecule has 4 nitrogen and oxygen atoms in total. The molecule has 0 N–H and O–H groups in total. The molecule has 8 aromatic carbocycles. The van der Waals surface area contributed by atoms with E-state index in [9.17, 15) is 4.39 Å². The number of pyridine rings is 1. The summed E-state index contributed by atoms with van der Waals surface area (Å²) in [6, 6.07) is 63.6. The lowest BCUT2D eigenvalue weighted by molar-refractivity contribution is 0.487. The molecule has 5 heteroatoms. The maximum Gasteiger partial charge on any atom is 0.137 e. The van der Waals surface area contributed by atoms with E-state index < -0.39 is 0 Å². The minimum absolute atomic E-state index is 0.259. The Morgan fingerprint density at radius 3 is 1.71 bits per heavy atom. The standard InChI is InChI=1S/C53H38FN3O/c1-35-11-6-8-16-48(35)57(49-17-9-7-12-36(49)2)52-32-22-39(34-55-52)38-21-29-45-47-31-30-44(46-15-10-18-50(53(46)47)58-51(45)33-38)37-19-25-42(26-20-37)56(41-13-4-3-5-14-41)43-27-23-40(54)24-28-43/h3-34H,1-2H3. The molecule has 0 aliphatic carbocycles. The molecule has 1 aliphatic rings. The molecule has 1 aromatic heterocycles. The number of para-hydroxylation sites is 3. The number of nitrogens with zero attached hydrogens (tertiary/aromatic N) is 3. The molecule has 0 fully saturated rings. The van der Waals surface area contributed by atoms with Gasteiger partial charge in [-0.1, -0.05) is 97.1 Å². The van der Waals surface area contributed by atoms with E-state index in [0.717, 1.165) is 89.9 Å². The van der Waals surface area contributed by atoms with E-state index >= 15 is 0 Å². The van der Waals surface area contributed by atoms with Gasteiger partial charge in [0.2, 0.25) is 0 Å². The van der Waals surface area contributed by atoms with E-state index in [2.05, 4.69) is 169 Å². The van der Waals surface area contributed by atoms with Crippen LogP contribution in [0.5, 0.6) is 11.5 Å². The zero-order chi connectivity index (χ0) is 39.2. The second-order valence-electron chi connectivity index (χ2n) is 14.7. The minimum atomic E-state index is -0.259. The van der Waals surface area contributed by atoms with Crippen LogP contribution in [0.1, 0.15) is 11.1 Å². The molecular formula is C53H38FN3O. The second kappa shape index (κ2) is 14.5. The molecule has 58 heavy (non-hydrogen) atoms. The molecule has 0 amide bonds. The number of anilines is 6. The number of halogens is 1. The maximum atomic E-state index is 13.9. The van der Waals surface area contributed by atoms with Gasteiger partial charge in [-0.2, -0.15) is 0 Å². The van der Waals surface area contributed by atoms with Gasteiger partial charge >= 0.3 is 0 Å². The van der Waals surface area contributed by atoms with Gasteiger partial charge in [0.15, 0.2) is 0 Å². The summed E-state index contributed by atoms with van der Waals surface area (Å²) in [5, 5.41) is 2.22. The van der Waals surface area contributed by atoms with Crippen molar-refractivity contribution in [1.82, 2.24) is 4.98 Å². The van der Waals surface area contributed by atoms with Crippen molar-refractivity contribution in [2.45, 2.75) is 13.8 Å². The molecule has 9 aromatic rings. The van der Waals surface area contributed by atoms with Crippen molar-refractivity contribution in [3.8, 4) is 44.9 Å². The third-order valence-electron chi connectivity index (χ3n) is 11.1. The Morgan fingerprint density at radius 2 is 1.03 bits per heavy atom. The van der Waals surface area contributed by atoms with Crippen LogP contribution in [0, 0.1) is 19.7 Å². The molecule has 0 saturated carbocycles. The Bertz CT molecular complexity index is 2900. The summed E-state index contributed by atoms with van der Waals surface area (Å²) in [7, 11) is 0. The van der Waals surface area contributed by atoms with Crippen LogP contribution < -0.4 is 14.5 Å². The summed E-state index contributed by atoms with van der Waals surface area (Å²) < 4.78 is 20.6. The lowest BCUT2D eigenvalue weighted by Gasteiger charge is -2.27. The van der Waals surface area contributed by atoms with Crippen LogP contribution >= 0.6 is 0 Å². The number of rotatable bonds is 8. The average Bonchev–Trinajstić information content (AvgIpc) is 3.27. The Hall–Kier alpha value is -7.50. The number of hydrogen-bond donors (Lipinski definition) is 0. The van der Waals surface area contributed by atoms with Crippen molar-refractivity contribution in [2.24, 2.45) is 0 Å². The minimum Gasteiger partial charge on any atom is -0.456 e. The Morgan fingerprint density at radius 1 is 0.448 bits per heavy atom. The molecular weight excluding hydrogens is 714 g/mol. The van der Waals surface area contributed by atoms with Crippen LogP contribution in [-0.2, 0) is 0 Å². The van der Waals surface area contributed by atoms with Crippen molar-refractivity contribution in [2.75, 3.05) is 9.80 Å². The summed E-state index contributed by atoms with van der Waals surface area (Å²) in [6.07, 6.45) is 1.95. The molecule has 0 spiro atoms. The summed E-state index contributed by atoms with van der Waals surface area (Å²) in [4.78, 5) is 9.40. The second-order valence-corrected chi connectivity index (χ2v) is 14.7. The van der Waals surface area contributed by atoms with Crippen LogP contribution in [0.3, 0.4) is 0 Å². The fraction of sp³-hybridized carbons (Fsp3) is 0.0377. The molecule has 0 radical (unpaired) electrons. The molecule has 10 rings (SSSR count). The average molecular weight is 752 g/mol. The van der Waals surface area contributed by atoms with Crippen LogP contribution in [0.25, 0.3) is 44.2 Å². The van der Waals surface area contributed by atoms with Crippen molar-refractivity contribution in [1.29, 1.82) is 0 Å². The molecule has 2 heterocycles. The molecule has 0 saturated heterocycles. The number of ether oxygens (including phenoxy) is 1. The van der Waals surface area contributed by atoms with E-state index in [0.29, 0.717) is 0 Å². The smallest absolute Gasteiger partial charge is 0.137 e. The summed E-state index contributed by atoms with van der Waals surface area (Å²) in [5.74, 6) is 2.25. The van der Waals surface area contributed by atoms with Gasteiger partial charge in [0.05, 0.1) is 11.4 Å². The molecule has 1 aliphatic heterocycles. The van der Waals surface area contributed by atoms with Crippen molar-refractivity contribution in [3.63, 3.8) is 0 Å². The van der Waals surface area contributed by atoms with Gasteiger partial charge < -0.3 is 9.64 Å². The molecule has 0 bridgehead atoms. The highest BCUT2D eigenvalue weighted by Crippen LogP contribution is 2.50. The Kier molecular flexibility index (Phi) is 8.76. The zero-order valence-electron chi connectivity index (χ0n) is 32.1. The van der Waals surface area contributed by atoms with Gasteiger partial charge in [0, 0.05) is 39.8 Å². The molecule has 0 atom stereocenters. The quantitative estimate of drug-likeness (QED) is 0.155. The van der Waals surface area contributed by atoms with E-state index in [1.807, 2.05) is 36.5 Å². The predicted molar refractivity (Wildman–Crippen MR) is 237 cm³/mol. The number of hydrogen-bond acceptors (Lipinski definition) is 4. The first-order valence-electron chi connectivity index (χ1n) is 19.5. The van der Waals surface area contributed by atoms with Crippen molar-refractivity contribution < 1.29 is 9.13 Å². The monoisotopic (exact) mass is 751 g/mol. The topological polar surface area (TPSA) is 28.6 Å². The van der Waals surface area contributed by atoms with Crippen molar-refractivity contribution in [3.05, 3.63) is 211 Å². The van der Waals surface area contributed by atoms with Gasteiger partial charge in [-0.15, -0.1) is 0 Å². The molecule has 278 valence electrons. The lowest BCUT2D eigenvalue weighted by atomic mass is 9.89. The summed E-state index contributed by atoms with van der Waals surface area (Å²) in [6.45, 7) is 4.27. The first-order chi connectivity index (χ1) is 28.5. The third-order valence-corrected chi connectivity index (χ3v) is 11.1. The lowest BCUT2D eigenvalue weighted by Crippen LogP contribution is -2.13. The largest absolute Gasteiger partial charge is 0.456 e. The van der Waals surface area contributed by atoms with Crippen molar-refractivity contribution >= 4 is 45.0 Å². The SMILES string of the molecule is Cc1ccccc1N(c1ccc(-c2ccc3c(c2)Oc2cccc4c(-c5ccc(N(c6ccccc6)c6ccc(F)cc6)cc5)ccc-3c24)cn1)c1ccccc1C. The zero-order valence-corrected chi connectivity index (χ0v) is 32.1. The van der Waals surface area contributed by atoms with E-state index in [1.165, 1.54) is 23.3 Å². The first kappa shape index (κ1) is 35.0. The van der Waals surface area contributed by atoms with E-state index in [1.54, 1.807) is 0 Å². The number of benzene rings is 8. The van der Waals surface area contributed by atoms with E-state index in [-0.39, 0.29) is 5.82 Å². The van der Waals surface area contributed by atoms with Crippen LogP contribution in [0.2, 0.25) is 0 Å². The molecule has 0 unspecified atom stereocenters. The normalized spacial score (nSPS) is 11.5. The summed E-state index contributed by atoms with van der Waals surface area (Å²) in [5.41, 5.74) is 13.9. The number of fused-ring (bicyclic) bond motifs is 2. The highest BCUT2D eigenvalue weighted by atomic mass is 19.1. The predicted octanol–water partition coefficient (Wildman–Crippen LogP) is 15.0. The fourth-order valence-corrected chi connectivity index (χ4v) is 8.16. The number of aromatic nitrogens is 1. The Balaban J connectivity index is 0.970. The van der Waals surface area contributed by atoms with Crippen LogP contribution in [0.15, 0.2) is 194 Å². The van der Waals surface area contributed by atoms with Gasteiger partial charge in [0.25, 0.3) is 0 Å². The van der Waals surface area contributed by atoms with Gasteiger partial charge in [-0.25, -0.2) is 9.37 Å². The summed E-state index contributed by atoms with van der Waals surface area (Å²) >= 11 is 0. The van der Waals surface area contributed by atoms with Gasteiger partial charge in [-0.3, -0.25) is 4.90 Å². The number of aryl methyl sites for hydroxylation is 2. The van der Waals surface area contributed by atoms with E-state index in [4.69, 9.17) is 9.72 Å². The Labute approximate surface area is 337 Å².